The van der Waals surface area contributed by atoms with Crippen LogP contribution in [0.4, 0.5) is 0 Å². The third-order valence-electron chi connectivity index (χ3n) is 6.67. The van der Waals surface area contributed by atoms with Gasteiger partial charge in [-0.05, 0) is 75.8 Å². The standard InChI is InChI=1S/C29H30N2O2/c1-28(2)14-15-29(3,4)25-19-23(12-13-26-30-16-5-17-31-26)22(18-24(25)28)11-8-20-6-9-21(10-7-20)27(32)33/h5-13,16-19H,14-15H2,1-4H3,(H,32,33)/b11-8?,13-12+. The van der Waals surface area contributed by atoms with E-state index in [-0.39, 0.29) is 16.4 Å². The number of carboxylic acids is 1. The molecule has 0 fully saturated rings. The SMILES string of the molecule is CC1(C)CCC(C)(C)c2cc(/C=C/c3ncccn3)c(C=Cc3ccc(C(=O)O)cc3)cc21. The zero-order valence-corrected chi connectivity index (χ0v) is 19.7. The highest BCUT2D eigenvalue weighted by molar-refractivity contribution is 5.88. The molecule has 1 aromatic heterocycles. The molecule has 0 amide bonds. The number of carbonyl (C=O) groups is 1. The first-order valence-corrected chi connectivity index (χ1v) is 11.3. The van der Waals surface area contributed by atoms with Gasteiger partial charge in [0.05, 0.1) is 5.56 Å². The lowest BCUT2D eigenvalue weighted by Gasteiger charge is -2.42. The number of rotatable bonds is 5. The molecule has 0 aliphatic heterocycles. The molecular formula is C29H30N2O2. The van der Waals surface area contributed by atoms with E-state index in [1.54, 1.807) is 24.5 Å². The Labute approximate surface area is 195 Å². The van der Waals surface area contributed by atoms with Gasteiger partial charge in [0.2, 0.25) is 0 Å². The highest BCUT2D eigenvalue weighted by Crippen LogP contribution is 2.47. The van der Waals surface area contributed by atoms with E-state index in [0.29, 0.717) is 5.82 Å². The maximum Gasteiger partial charge on any atom is 0.335 e. The van der Waals surface area contributed by atoms with Gasteiger partial charge in [0, 0.05) is 12.4 Å². The first-order chi connectivity index (χ1) is 15.7. The summed E-state index contributed by atoms with van der Waals surface area (Å²) in [5.74, 6) is -0.241. The average molecular weight is 439 g/mol. The second-order valence-electron chi connectivity index (χ2n) is 10.00. The van der Waals surface area contributed by atoms with Crippen LogP contribution in [-0.4, -0.2) is 21.0 Å². The summed E-state index contributed by atoms with van der Waals surface area (Å²) in [5.41, 5.74) is 6.50. The molecule has 33 heavy (non-hydrogen) atoms. The van der Waals surface area contributed by atoms with Crippen LogP contribution in [-0.2, 0) is 10.8 Å². The minimum atomic E-state index is -0.916. The lowest BCUT2D eigenvalue weighted by Crippen LogP contribution is -2.34. The molecule has 0 saturated carbocycles. The van der Waals surface area contributed by atoms with Crippen LogP contribution in [0.3, 0.4) is 0 Å². The van der Waals surface area contributed by atoms with Crippen LogP contribution in [0.25, 0.3) is 24.3 Å². The Balaban J connectivity index is 1.79. The summed E-state index contributed by atoms with van der Waals surface area (Å²) in [4.78, 5) is 19.8. The Morgan fingerprint density at radius 3 is 1.85 bits per heavy atom. The molecule has 0 unspecified atom stereocenters. The minimum Gasteiger partial charge on any atom is -0.478 e. The van der Waals surface area contributed by atoms with Gasteiger partial charge in [0.15, 0.2) is 5.82 Å². The van der Waals surface area contributed by atoms with Gasteiger partial charge in [-0.25, -0.2) is 14.8 Å². The summed E-state index contributed by atoms with van der Waals surface area (Å²) >= 11 is 0. The van der Waals surface area contributed by atoms with E-state index in [2.05, 4.69) is 61.9 Å². The van der Waals surface area contributed by atoms with E-state index >= 15 is 0 Å². The summed E-state index contributed by atoms with van der Waals surface area (Å²) < 4.78 is 0. The van der Waals surface area contributed by atoms with Crippen molar-refractivity contribution in [2.75, 3.05) is 0 Å². The molecule has 1 heterocycles. The molecule has 0 atom stereocenters. The summed E-state index contributed by atoms with van der Waals surface area (Å²) in [6.45, 7) is 9.31. The minimum absolute atomic E-state index is 0.112. The van der Waals surface area contributed by atoms with Crippen molar-refractivity contribution < 1.29 is 9.90 Å². The normalized spacial score (nSPS) is 16.7. The Hall–Kier alpha value is -3.53. The number of aromatic nitrogens is 2. The highest BCUT2D eigenvalue weighted by Gasteiger charge is 2.37. The van der Waals surface area contributed by atoms with E-state index in [9.17, 15) is 4.79 Å². The van der Waals surface area contributed by atoms with E-state index in [1.807, 2.05) is 30.4 Å². The zero-order valence-electron chi connectivity index (χ0n) is 19.7. The molecule has 1 aliphatic carbocycles. The van der Waals surface area contributed by atoms with Crippen molar-refractivity contribution in [3.05, 3.63) is 94.1 Å². The monoisotopic (exact) mass is 438 g/mol. The first-order valence-electron chi connectivity index (χ1n) is 11.3. The molecule has 2 aromatic carbocycles. The summed E-state index contributed by atoms with van der Waals surface area (Å²) in [5, 5.41) is 9.14. The smallest absolute Gasteiger partial charge is 0.335 e. The molecular weight excluding hydrogens is 408 g/mol. The number of hydrogen-bond donors (Lipinski definition) is 1. The molecule has 1 aliphatic rings. The van der Waals surface area contributed by atoms with Crippen molar-refractivity contribution in [3.63, 3.8) is 0 Å². The third-order valence-corrected chi connectivity index (χ3v) is 6.67. The maximum atomic E-state index is 11.1. The van der Waals surface area contributed by atoms with Crippen molar-refractivity contribution >= 4 is 30.3 Å². The fourth-order valence-corrected chi connectivity index (χ4v) is 4.42. The molecule has 0 spiro atoms. The van der Waals surface area contributed by atoms with E-state index in [4.69, 9.17) is 5.11 Å². The number of nitrogens with zero attached hydrogens (tertiary/aromatic N) is 2. The van der Waals surface area contributed by atoms with Crippen LogP contribution in [0, 0.1) is 0 Å². The number of hydrogen-bond acceptors (Lipinski definition) is 3. The van der Waals surface area contributed by atoms with Gasteiger partial charge >= 0.3 is 5.97 Å². The zero-order chi connectivity index (χ0) is 23.6. The second-order valence-corrected chi connectivity index (χ2v) is 10.00. The largest absolute Gasteiger partial charge is 0.478 e. The van der Waals surface area contributed by atoms with E-state index in [1.165, 1.54) is 11.1 Å². The Kier molecular flexibility index (Phi) is 6.03. The van der Waals surface area contributed by atoms with Crippen molar-refractivity contribution in [3.8, 4) is 0 Å². The quantitative estimate of drug-likeness (QED) is 0.442. The van der Waals surface area contributed by atoms with Crippen LogP contribution in [0.15, 0.2) is 54.9 Å². The van der Waals surface area contributed by atoms with Crippen LogP contribution >= 0.6 is 0 Å². The molecule has 0 saturated heterocycles. The number of carboxylic acid groups (broad SMARTS) is 1. The predicted molar refractivity (Wildman–Crippen MR) is 135 cm³/mol. The first kappa shape index (κ1) is 22.7. The molecule has 3 aromatic rings. The van der Waals surface area contributed by atoms with Crippen molar-refractivity contribution in [1.82, 2.24) is 9.97 Å². The van der Waals surface area contributed by atoms with Crippen molar-refractivity contribution in [2.45, 2.75) is 51.4 Å². The Morgan fingerprint density at radius 2 is 1.33 bits per heavy atom. The fraction of sp³-hybridized carbons (Fsp3) is 0.276. The molecule has 4 rings (SSSR count). The molecule has 1 N–H and O–H groups in total. The lowest BCUT2D eigenvalue weighted by atomic mass is 9.62. The topological polar surface area (TPSA) is 63.1 Å². The molecule has 4 nitrogen and oxygen atoms in total. The second kappa shape index (κ2) is 8.78. The van der Waals surface area contributed by atoms with E-state index < -0.39 is 5.97 Å². The van der Waals surface area contributed by atoms with Crippen LogP contribution < -0.4 is 0 Å². The van der Waals surface area contributed by atoms with Crippen molar-refractivity contribution in [1.29, 1.82) is 0 Å². The predicted octanol–water partition coefficient (Wildman–Crippen LogP) is 6.86. The summed E-state index contributed by atoms with van der Waals surface area (Å²) in [7, 11) is 0. The van der Waals surface area contributed by atoms with Gasteiger partial charge in [0.1, 0.15) is 0 Å². The highest BCUT2D eigenvalue weighted by atomic mass is 16.4. The molecule has 168 valence electrons. The van der Waals surface area contributed by atoms with Gasteiger partial charge < -0.3 is 5.11 Å². The fourth-order valence-electron chi connectivity index (χ4n) is 4.42. The molecule has 4 heteroatoms. The van der Waals surface area contributed by atoms with Gasteiger partial charge in [-0.1, -0.05) is 70.2 Å². The summed E-state index contributed by atoms with van der Waals surface area (Å²) in [6.07, 6.45) is 14.0. The van der Waals surface area contributed by atoms with Gasteiger partial charge in [-0.2, -0.15) is 0 Å². The van der Waals surface area contributed by atoms with Gasteiger partial charge in [-0.15, -0.1) is 0 Å². The lowest BCUT2D eigenvalue weighted by molar-refractivity contribution is 0.0697. The summed E-state index contributed by atoms with van der Waals surface area (Å²) in [6, 6.07) is 13.4. The van der Waals surface area contributed by atoms with Crippen LogP contribution in [0.5, 0.6) is 0 Å². The average Bonchev–Trinajstić information content (AvgIpc) is 2.80. The van der Waals surface area contributed by atoms with E-state index in [0.717, 1.165) is 29.5 Å². The van der Waals surface area contributed by atoms with Crippen LogP contribution in [0.2, 0.25) is 0 Å². The number of fused-ring (bicyclic) bond motifs is 1. The van der Waals surface area contributed by atoms with Gasteiger partial charge in [0.25, 0.3) is 0 Å². The number of aromatic carboxylic acids is 1. The molecule has 0 bridgehead atoms. The van der Waals surface area contributed by atoms with Crippen molar-refractivity contribution in [2.24, 2.45) is 0 Å². The maximum absolute atomic E-state index is 11.1. The Bertz CT molecular complexity index is 1220. The molecule has 0 radical (unpaired) electrons. The Morgan fingerprint density at radius 1 is 0.818 bits per heavy atom. The van der Waals surface area contributed by atoms with Crippen LogP contribution in [0.1, 0.15) is 84.5 Å². The number of benzene rings is 2. The third kappa shape index (κ3) is 4.95. The van der Waals surface area contributed by atoms with Gasteiger partial charge in [-0.3, -0.25) is 0 Å².